The van der Waals surface area contributed by atoms with Crippen molar-refractivity contribution in [2.24, 2.45) is 0 Å². The molecule has 1 N–H and O–H groups in total. The number of esters is 1. The van der Waals surface area contributed by atoms with E-state index in [4.69, 9.17) is 5.73 Å². The summed E-state index contributed by atoms with van der Waals surface area (Å²) in [5.74, 6) is -0.481. The van der Waals surface area contributed by atoms with Crippen LogP contribution in [0.25, 0.3) is 5.73 Å². The number of rotatable bonds is 6. The van der Waals surface area contributed by atoms with Gasteiger partial charge in [-0.2, -0.15) is 0 Å². The maximum absolute atomic E-state index is 11.2. The molecule has 0 aliphatic carbocycles. The van der Waals surface area contributed by atoms with Gasteiger partial charge in [-0.3, -0.25) is 4.79 Å². The van der Waals surface area contributed by atoms with Crippen molar-refractivity contribution in [2.75, 3.05) is 7.11 Å². The SMILES string of the molecule is C=CC[Si](C)(C)c1ccc(C[C@H]([NH-])C(=O)OC)cc1.[Ac]. The van der Waals surface area contributed by atoms with E-state index >= 15 is 0 Å². The summed E-state index contributed by atoms with van der Waals surface area (Å²) in [4.78, 5) is 11.2. The molecule has 20 heavy (non-hydrogen) atoms. The normalized spacial score (nSPS) is 12.2. The third kappa shape index (κ3) is 5.81. The van der Waals surface area contributed by atoms with Gasteiger partial charge < -0.3 is 10.5 Å². The van der Waals surface area contributed by atoms with E-state index in [1.165, 1.54) is 12.3 Å². The van der Waals surface area contributed by atoms with E-state index in [1.807, 2.05) is 18.2 Å². The predicted octanol–water partition coefficient (Wildman–Crippen LogP) is 2.92. The monoisotopic (exact) mass is 503 g/mol. The number of hydrogen-bond donors (Lipinski definition) is 0. The van der Waals surface area contributed by atoms with Gasteiger partial charge in [0.05, 0.1) is 15.2 Å². The minimum atomic E-state index is -1.43. The summed E-state index contributed by atoms with van der Waals surface area (Å²) in [5, 5.41) is 1.37. The van der Waals surface area contributed by atoms with Crippen molar-refractivity contribution in [3.8, 4) is 0 Å². The second-order valence-corrected chi connectivity index (χ2v) is 10.1. The number of nitrogens with one attached hydrogen (secondary N) is 1. The van der Waals surface area contributed by atoms with Gasteiger partial charge >= 0.3 is 0 Å². The predicted molar refractivity (Wildman–Crippen MR) is 82.4 cm³/mol. The van der Waals surface area contributed by atoms with Gasteiger partial charge in [0.25, 0.3) is 5.97 Å². The van der Waals surface area contributed by atoms with Crippen molar-refractivity contribution >= 4 is 19.2 Å². The Morgan fingerprint density at radius 3 is 2.40 bits per heavy atom. The van der Waals surface area contributed by atoms with Gasteiger partial charge in [-0.05, 0) is 24.1 Å². The standard InChI is InChI=1S/C15H22NO2Si.Ac/c1-5-10-19(3,4)13-8-6-12(7-9-13)11-14(16)15(17)18-2;/h5-9,14,16H,1,10-11H2,2-4H3;/q-1;/t14-;/m0./s1. The van der Waals surface area contributed by atoms with E-state index in [-0.39, 0.29) is 44.1 Å². The molecule has 1 radical (unpaired) electrons. The zero-order chi connectivity index (χ0) is 14.5. The van der Waals surface area contributed by atoms with Crippen LogP contribution < -0.4 is 5.19 Å². The van der Waals surface area contributed by atoms with Gasteiger partial charge in [-0.15, -0.1) is 6.58 Å². The first-order chi connectivity index (χ1) is 8.90. The fraction of sp³-hybridized carbons (Fsp3) is 0.400. The molecule has 3 nitrogen and oxygen atoms in total. The Morgan fingerprint density at radius 2 is 1.95 bits per heavy atom. The summed E-state index contributed by atoms with van der Waals surface area (Å²) in [6.45, 7) is 8.44. The Balaban J connectivity index is 0.00000361. The van der Waals surface area contributed by atoms with E-state index < -0.39 is 20.1 Å². The van der Waals surface area contributed by atoms with Crippen molar-refractivity contribution in [3.63, 3.8) is 0 Å². The molecule has 1 aromatic rings. The molecule has 1 aromatic carbocycles. The summed E-state index contributed by atoms with van der Waals surface area (Å²) in [5.41, 5.74) is 8.68. The molecule has 0 bridgehead atoms. The van der Waals surface area contributed by atoms with Crippen molar-refractivity contribution in [3.05, 3.63) is 48.2 Å². The molecule has 5 heteroatoms. The Labute approximate surface area is 158 Å². The minimum absolute atomic E-state index is 0. The molecule has 0 aliphatic heterocycles. The van der Waals surface area contributed by atoms with E-state index in [0.717, 1.165) is 11.6 Å². The van der Waals surface area contributed by atoms with Gasteiger partial charge in [0.1, 0.15) is 0 Å². The van der Waals surface area contributed by atoms with Gasteiger partial charge in [-0.25, -0.2) is 0 Å². The van der Waals surface area contributed by atoms with Crippen molar-refractivity contribution in [1.82, 2.24) is 0 Å². The molecule has 0 saturated heterocycles. The number of hydrogen-bond acceptors (Lipinski definition) is 2. The van der Waals surface area contributed by atoms with Crippen molar-refractivity contribution in [1.29, 1.82) is 0 Å². The smallest absolute Gasteiger partial charge is 0.287 e. The van der Waals surface area contributed by atoms with Crippen LogP contribution in [0.5, 0.6) is 0 Å². The molecule has 0 heterocycles. The summed E-state index contributed by atoms with van der Waals surface area (Å²) < 4.78 is 4.56. The van der Waals surface area contributed by atoms with Crippen LogP contribution in [0.15, 0.2) is 36.9 Å². The van der Waals surface area contributed by atoms with Crippen molar-refractivity contribution in [2.45, 2.75) is 31.6 Å². The quantitative estimate of drug-likeness (QED) is 0.341. The number of benzene rings is 1. The maximum Gasteiger partial charge on any atom is 0.287 e. The summed E-state index contributed by atoms with van der Waals surface area (Å²) in [6.07, 6.45) is 2.38. The van der Waals surface area contributed by atoms with E-state index in [2.05, 4.69) is 36.5 Å². The van der Waals surface area contributed by atoms with E-state index in [9.17, 15) is 4.79 Å². The second-order valence-electron chi connectivity index (χ2n) is 5.35. The average molecular weight is 503 g/mol. The molecule has 0 fully saturated rings. The Hall–Kier alpha value is 0.0484. The molecule has 0 unspecified atom stereocenters. The molecular formula is C15H22AcNO2Si-. The number of methoxy groups -OCH3 is 1. The molecule has 1 atom stereocenters. The van der Waals surface area contributed by atoms with E-state index in [0.29, 0.717) is 6.42 Å². The zero-order valence-electron chi connectivity index (χ0n) is 12.5. The van der Waals surface area contributed by atoms with Crippen LogP contribution in [-0.2, 0) is 16.0 Å². The Morgan fingerprint density at radius 1 is 1.40 bits per heavy atom. The largest absolute Gasteiger partial charge is 0.665 e. The van der Waals surface area contributed by atoms with Crippen LogP contribution in [0.4, 0.5) is 0 Å². The second kappa shape index (κ2) is 9.14. The van der Waals surface area contributed by atoms with Crippen molar-refractivity contribution < 1.29 is 53.6 Å². The minimum Gasteiger partial charge on any atom is -0.665 e. The zero-order valence-corrected chi connectivity index (χ0v) is 18.2. The third-order valence-corrected chi connectivity index (χ3v) is 6.52. The van der Waals surface area contributed by atoms with Crippen LogP contribution in [-0.4, -0.2) is 27.2 Å². The fourth-order valence-corrected chi connectivity index (χ4v) is 4.06. The molecule has 0 spiro atoms. The van der Waals surface area contributed by atoms with Crippen LogP contribution in [0.1, 0.15) is 5.56 Å². The maximum atomic E-state index is 11.2. The molecule has 1 rings (SSSR count). The van der Waals surface area contributed by atoms with Crippen LogP contribution >= 0.6 is 0 Å². The molecule has 0 aromatic heterocycles. The number of carbonyl (C=O) groups excluding carboxylic acids is 1. The molecular weight excluding hydrogens is 481 g/mol. The number of carbonyl (C=O) groups is 1. The third-order valence-electron chi connectivity index (χ3n) is 3.32. The van der Waals surface area contributed by atoms with Crippen LogP contribution in [0.3, 0.4) is 0 Å². The first-order valence-electron chi connectivity index (χ1n) is 6.40. The molecule has 0 aliphatic rings. The van der Waals surface area contributed by atoms with Gasteiger partial charge in [0.15, 0.2) is 0 Å². The van der Waals surface area contributed by atoms with Gasteiger partial charge in [0.2, 0.25) is 0 Å². The van der Waals surface area contributed by atoms with Crippen LogP contribution in [0.2, 0.25) is 19.1 Å². The average Bonchev–Trinajstić information content (AvgIpc) is 2.38. The molecule has 107 valence electrons. The molecule has 0 saturated carbocycles. The number of ether oxygens (including phenoxy) is 1. The van der Waals surface area contributed by atoms with Gasteiger partial charge in [-0.1, -0.05) is 48.6 Å². The van der Waals surface area contributed by atoms with E-state index in [1.54, 1.807) is 0 Å². The molecule has 0 amide bonds. The Bertz CT molecular complexity index is 446. The summed E-state index contributed by atoms with van der Waals surface area (Å²) >= 11 is 0. The van der Waals surface area contributed by atoms with Crippen LogP contribution in [0, 0.1) is 44.1 Å². The number of allylic oxidation sites excluding steroid dienone is 1. The first-order valence-corrected chi connectivity index (χ1v) is 9.60. The fourth-order valence-electron chi connectivity index (χ4n) is 2.03. The first kappa shape index (κ1) is 20.0. The van der Waals surface area contributed by atoms with Gasteiger partial charge in [0, 0.05) is 44.1 Å². The summed E-state index contributed by atoms with van der Waals surface area (Å²) in [7, 11) is -0.112. The topological polar surface area (TPSA) is 50.1 Å². The Kier molecular flexibility index (Phi) is 9.17. The summed E-state index contributed by atoms with van der Waals surface area (Å²) in [6, 6.07) is 8.48.